The van der Waals surface area contributed by atoms with Gasteiger partial charge in [-0.3, -0.25) is 0 Å². The van der Waals surface area contributed by atoms with Crippen LogP contribution in [0.3, 0.4) is 0 Å². The van der Waals surface area contributed by atoms with Gasteiger partial charge < -0.3 is 25.0 Å². The third kappa shape index (κ3) is 7.17. The minimum atomic E-state index is -0.447. The van der Waals surface area contributed by atoms with Crippen LogP contribution >= 0.6 is 0 Å². The predicted molar refractivity (Wildman–Crippen MR) is 114 cm³/mol. The Labute approximate surface area is 174 Å². The van der Waals surface area contributed by atoms with Crippen molar-refractivity contribution >= 4 is 5.71 Å². The predicted octanol–water partition coefficient (Wildman–Crippen LogP) is 3.94. The second-order valence-electron chi connectivity index (χ2n) is 7.06. The van der Waals surface area contributed by atoms with Crippen LogP contribution in [0, 0.1) is 0 Å². The van der Waals surface area contributed by atoms with Gasteiger partial charge in [-0.15, -0.1) is 0 Å². The molecule has 2 rings (SSSR count). The van der Waals surface area contributed by atoms with Crippen LogP contribution in [0.15, 0.2) is 53.9 Å². The number of aliphatic hydroxyl groups excluding tert-OH is 1. The molecule has 6 nitrogen and oxygen atoms in total. The number of aliphatic hydroxyl groups is 1. The van der Waals surface area contributed by atoms with Crippen LogP contribution in [0.2, 0.25) is 0 Å². The van der Waals surface area contributed by atoms with E-state index in [1.165, 1.54) is 0 Å². The van der Waals surface area contributed by atoms with Crippen molar-refractivity contribution < 1.29 is 19.4 Å². The Hall–Kier alpha value is -2.40. The van der Waals surface area contributed by atoms with Crippen molar-refractivity contribution in [2.45, 2.75) is 52.2 Å². The molecule has 0 saturated heterocycles. The van der Waals surface area contributed by atoms with Crippen molar-refractivity contribution in [3.63, 3.8) is 0 Å². The third-order valence-corrected chi connectivity index (χ3v) is 4.73. The van der Waals surface area contributed by atoms with Crippen LogP contribution in [-0.4, -0.2) is 53.0 Å². The zero-order valence-corrected chi connectivity index (χ0v) is 17.6. The van der Waals surface area contributed by atoms with E-state index in [1.807, 2.05) is 24.3 Å². The molecule has 0 aliphatic heterocycles. The molecule has 1 unspecified atom stereocenters. The summed E-state index contributed by atoms with van der Waals surface area (Å²) in [5, 5.41) is 9.66. The summed E-state index contributed by atoms with van der Waals surface area (Å²) in [5.41, 5.74) is 11.9. The van der Waals surface area contributed by atoms with Gasteiger partial charge in [0.15, 0.2) is 6.10 Å². The van der Waals surface area contributed by atoms with Crippen LogP contribution in [0.25, 0.3) is 5.53 Å². The summed E-state index contributed by atoms with van der Waals surface area (Å²) < 4.78 is 12.0. The lowest BCUT2D eigenvalue weighted by Crippen LogP contribution is -2.34. The van der Waals surface area contributed by atoms with Crippen molar-refractivity contribution in [2.75, 3.05) is 26.4 Å². The fourth-order valence-corrected chi connectivity index (χ4v) is 3.09. The second kappa shape index (κ2) is 12.9. The first-order valence-electron chi connectivity index (χ1n) is 10.5. The molecular weight excluding hydrogens is 366 g/mol. The number of nitrogens with zero attached hydrogens (tertiary/aromatic N) is 3. The van der Waals surface area contributed by atoms with Gasteiger partial charge in [0.25, 0.3) is 0 Å². The van der Waals surface area contributed by atoms with E-state index in [0.717, 1.165) is 36.9 Å². The molecule has 1 atom stereocenters. The van der Waals surface area contributed by atoms with E-state index in [2.05, 4.69) is 35.7 Å². The molecule has 0 amide bonds. The van der Waals surface area contributed by atoms with E-state index < -0.39 is 6.10 Å². The van der Waals surface area contributed by atoms with Gasteiger partial charge >= 0.3 is 5.71 Å². The molecule has 0 bridgehead atoms. The highest BCUT2D eigenvalue weighted by Gasteiger charge is 2.31. The van der Waals surface area contributed by atoms with Crippen LogP contribution in [0.5, 0.6) is 0 Å². The van der Waals surface area contributed by atoms with E-state index in [9.17, 15) is 10.6 Å². The first-order valence-corrected chi connectivity index (χ1v) is 10.5. The van der Waals surface area contributed by atoms with Gasteiger partial charge in [-0.2, -0.15) is 4.79 Å². The van der Waals surface area contributed by atoms with Crippen molar-refractivity contribution in [1.82, 2.24) is 4.90 Å². The number of hydrogen-bond donors (Lipinski definition) is 1. The summed E-state index contributed by atoms with van der Waals surface area (Å²) in [6.45, 7) is 6.50. The topological polar surface area (TPSA) is 78.3 Å². The lowest BCUT2D eigenvalue weighted by molar-refractivity contribution is -0.0238. The smallest absolute Gasteiger partial charge is 0.328 e. The summed E-state index contributed by atoms with van der Waals surface area (Å²) in [5.74, 6) is 0.644. The molecule has 0 spiro atoms. The normalized spacial score (nSPS) is 16.1. The van der Waals surface area contributed by atoms with Crippen molar-refractivity contribution in [3.8, 4) is 0 Å². The Kier molecular flexibility index (Phi) is 10.2. The van der Waals surface area contributed by atoms with Crippen molar-refractivity contribution in [3.05, 3.63) is 65.0 Å². The summed E-state index contributed by atoms with van der Waals surface area (Å²) in [7, 11) is 0. The van der Waals surface area contributed by atoms with Crippen molar-refractivity contribution in [2.24, 2.45) is 0 Å². The van der Waals surface area contributed by atoms with E-state index in [-0.39, 0.29) is 6.61 Å². The summed E-state index contributed by atoms with van der Waals surface area (Å²) >= 11 is 0. The monoisotopic (exact) mass is 399 g/mol. The highest BCUT2D eigenvalue weighted by molar-refractivity contribution is 5.97. The summed E-state index contributed by atoms with van der Waals surface area (Å²) in [6, 6.07) is 10.1. The van der Waals surface area contributed by atoms with E-state index in [0.29, 0.717) is 37.8 Å². The minimum absolute atomic E-state index is 0.0225. The molecule has 0 saturated carbocycles. The molecule has 1 aliphatic carbocycles. The Bertz CT molecular complexity index is 724. The first-order chi connectivity index (χ1) is 14.2. The molecule has 0 aromatic heterocycles. The number of benzene rings is 1. The number of rotatable bonds is 13. The van der Waals surface area contributed by atoms with Gasteiger partial charge in [-0.05, 0) is 24.5 Å². The Morgan fingerprint density at radius 2 is 1.83 bits per heavy atom. The standard InChI is InChI=1S/C23H33N3O3/c1-3-5-14-28-22-17-21(23(16-20(22)25-24)29-15-6-4-2)26(12-13-27)18-19-10-8-7-9-11-19/h7-11,16-17,22,27H,3-6,12-15,18H2,1-2H3. The molecule has 1 aliphatic rings. The number of unbranched alkanes of at least 4 members (excludes halogenated alkanes) is 2. The number of ether oxygens (including phenoxy) is 2. The van der Waals surface area contributed by atoms with E-state index in [1.54, 1.807) is 6.08 Å². The lowest BCUT2D eigenvalue weighted by Gasteiger charge is -2.31. The summed E-state index contributed by atoms with van der Waals surface area (Å²) in [4.78, 5) is 5.51. The van der Waals surface area contributed by atoms with Gasteiger partial charge in [0, 0.05) is 19.7 Å². The maximum absolute atomic E-state index is 9.66. The Balaban J connectivity index is 2.31. The first kappa shape index (κ1) is 22.9. The SMILES string of the molecule is CCCCOC1=CC(=[N+]=[N-])C(OCCCC)C=C1N(CCO)Cc1ccccc1. The lowest BCUT2D eigenvalue weighted by atomic mass is 10.0. The maximum atomic E-state index is 9.66. The number of hydrogen-bond acceptors (Lipinski definition) is 4. The average Bonchev–Trinajstić information content (AvgIpc) is 2.75. The Morgan fingerprint density at radius 1 is 1.10 bits per heavy atom. The van der Waals surface area contributed by atoms with Gasteiger partial charge in [0.2, 0.25) is 0 Å². The fourth-order valence-electron chi connectivity index (χ4n) is 3.09. The van der Waals surface area contributed by atoms with Gasteiger partial charge in [0.1, 0.15) is 5.76 Å². The largest absolute Gasteiger partial charge is 0.491 e. The van der Waals surface area contributed by atoms with Gasteiger partial charge in [-0.1, -0.05) is 57.0 Å². The van der Waals surface area contributed by atoms with E-state index >= 15 is 0 Å². The van der Waals surface area contributed by atoms with E-state index in [4.69, 9.17) is 9.47 Å². The van der Waals surface area contributed by atoms with Gasteiger partial charge in [0.05, 0.1) is 25.0 Å². The third-order valence-electron chi connectivity index (χ3n) is 4.73. The van der Waals surface area contributed by atoms with Crippen LogP contribution in [-0.2, 0) is 16.0 Å². The molecular formula is C23H33N3O3. The fraction of sp³-hybridized carbons (Fsp3) is 0.522. The van der Waals surface area contributed by atoms with Crippen LogP contribution < -0.4 is 0 Å². The minimum Gasteiger partial charge on any atom is -0.491 e. The molecule has 158 valence electrons. The molecule has 0 heterocycles. The maximum Gasteiger partial charge on any atom is 0.328 e. The average molecular weight is 400 g/mol. The van der Waals surface area contributed by atoms with Crippen LogP contribution in [0.1, 0.15) is 45.1 Å². The quantitative estimate of drug-likeness (QED) is 0.310. The molecule has 0 fully saturated rings. The molecule has 6 heteroatoms. The summed E-state index contributed by atoms with van der Waals surface area (Å²) in [6.07, 6.45) is 7.16. The zero-order valence-electron chi connectivity index (χ0n) is 17.6. The highest BCUT2D eigenvalue weighted by atomic mass is 16.5. The van der Waals surface area contributed by atoms with Crippen molar-refractivity contribution in [1.29, 1.82) is 0 Å². The molecule has 1 aromatic rings. The second-order valence-corrected chi connectivity index (χ2v) is 7.06. The molecule has 29 heavy (non-hydrogen) atoms. The molecule has 0 radical (unpaired) electrons. The van der Waals surface area contributed by atoms with Crippen LogP contribution in [0.4, 0.5) is 0 Å². The Morgan fingerprint density at radius 3 is 2.48 bits per heavy atom. The van der Waals surface area contributed by atoms with Gasteiger partial charge in [-0.25, -0.2) is 0 Å². The zero-order chi connectivity index (χ0) is 20.9. The molecule has 1 N–H and O–H groups in total. The molecule has 1 aromatic carbocycles. The highest BCUT2D eigenvalue weighted by Crippen LogP contribution is 2.25.